The van der Waals surface area contributed by atoms with E-state index in [-0.39, 0.29) is 32.0 Å². The lowest BCUT2D eigenvalue weighted by molar-refractivity contribution is -0.870. The molecular formula is C66H123NO8P+. The van der Waals surface area contributed by atoms with Gasteiger partial charge in [-0.25, -0.2) is 4.57 Å². The number of esters is 2. The van der Waals surface area contributed by atoms with Crippen LogP contribution in [0.25, 0.3) is 0 Å². The van der Waals surface area contributed by atoms with E-state index in [2.05, 4.69) is 74.6 Å². The van der Waals surface area contributed by atoms with Crippen molar-refractivity contribution in [1.29, 1.82) is 0 Å². The van der Waals surface area contributed by atoms with Crippen molar-refractivity contribution in [3.05, 3.63) is 60.8 Å². The number of rotatable bonds is 59. The van der Waals surface area contributed by atoms with Gasteiger partial charge in [0, 0.05) is 12.8 Å². The first-order valence-electron chi connectivity index (χ1n) is 32.0. The van der Waals surface area contributed by atoms with Crippen LogP contribution in [0.3, 0.4) is 0 Å². The molecule has 0 radical (unpaired) electrons. The van der Waals surface area contributed by atoms with E-state index in [1.54, 1.807) is 0 Å². The Hall–Kier alpha value is -2.29. The molecule has 10 heteroatoms. The highest BCUT2D eigenvalue weighted by atomic mass is 31.2. The topological polar surface area (TPSA) is 108 Å². The lowest BCUT2D eigenvalue weighted by atomic mass is 10.0. The van der Waals surface area contributed by atoms with Crippen LogP contribution in [0, 0.1) is 0 Å². The Bertz CT molecular complexity index is 1470. The predicted octanol–water partition coefficient (Wildman–Crippen LogP) is 20.3. The lowest BCUT2D eigenvalue weighted by Crippen LogP contribution is -2.37. The van der Waals surface area contributed by atoms with E-state index in [0.29, 0.717) is 17.4 Å². The summed E-state index contributed by atoms with van der Waals surface area (Å²) < 4.78 is 34.6. The number of phosphoric acid groups is 1. The first-order valence-corrected chi connectivity index (χ1v) is 33.5. The first kappa shape index (κ1) is 73.7. The van der Waals surface area contributed by atoms with Crippen molar-refractivity contribution in [2.75, 3.05) is 47.5 Å². The molecule has 0 rings (SSSR count). The Morgan fingerprint density at radius 3 is 1.13 bits per heavy atom. The van der Waals surface area contributed by atoms with Crippen molar-refractivity contribution in [1.82, 2.24) is 0 Å². The molecule has 76 heavy (non-hydrogen) atoms. The van der Waals surface area contributed by atoms with Crippen molar-refractivity contribution in [3.63, 3.8) is 0 Å². The molecule has 0 bridgehead atoms. The zero-order chi connectivity index (χ0) is 55.6. The fraction of sp³-hybridized carbons (Fsp3) is 0.818. The minimum Gasteiger partial charge on any atom is -0.462 e. The Morgan fingerprint density at radius 1 is 0.421 bits per heavy atom. The van der Waals surface area contributed by atoms with Gasteiger partial charge in [0.25, 0.3) is 0 Å². The third-order valence-corrected chi connectivity index (χ3v) is 15.0. The Morgan fingerprint density at radius 2 is 0.750 bits per heavy atom. The summed E-state index contributed by atoms with van der Waals surface area (Å²) in [7, 11) is 1.49. The average Bonchev–Trinajstić information content (AvgIpc) is 3.38. The number of ether oxygens (including phenoxy) is 2. The largest absolute Gasteiger partial charge is 0.472 e. The number of quaternary nitrogens is 1. The molecule has 444 valence electrons. The molecule has 0 spiro atoms. The van der Waals surface area contributed by atoms with E-state index < -0.39 is 26.5 Å². The van der Waals surface area contributed by atoms with Crippen molar-refractivity contribution < 1.29 is 42.1 Å². The number of hydrogen-bond donors (Lipinski definition) is 1. The third kappa shape index (κ3) is 60.9. The minimum absolute atomic E-state index is 0.0322. The number of nitrogens with zero attached hydrogens (tertiary/aromatic N) is 1. The number of carbonyl (C=O) groups is 2. The fourth-order valence-electron chi connectivity index (χ4n) is 9.12. The summed E-state index contributed by atoms with van der Waals surface area (Å²) in [6, 6.07) is 0. The zero-order valence-corrected chi connectivity index (χ0v) is 51.4. The average molecular weight is 1090 g/mol. The number of likely N-dealkylation sites (N-methyl/N-ethyl adjacent to an activating group) is 1. The summed E-state index contributed by atoms with van der Waals surface area (Å²) in [5.41, 5.74) is 0. The SMILES string of the molecule is CC/C=C\C/C=C\C/C=C\C/C=C\CCCCCCCCCCCCCCCCCCCCCCC(=O)OC(COC(=O)CCCCCCCCCCC/C=C\CCCCCCCC)COP(=O)(O)OCC[N+](C)(C)C. The molecule has 2 unspecified atom stereocenters. The van der Waals surface area contributed by atoms with Crippen LogP contribution in [0.4, 0.5) is 0 Å². The summed E-state index contributed by atoms with van der Waals surface area (Å²) in [4.78, 5) is 35.8. The van der Waals surface area contributed by atoms with Crippen molar-refractivity contribution in [2.45, 2.75) is 302 Å². The summed E-state index contributed by atoms with van der Waals surface area (Å²) in [6.45, 7) is 4.36. The van der Waals surface area contributed by atoms with Gasteiger partial charge in [0.05, 0.1) is 27.7 Å². The number of hydrogen-bond acceptors (Lipinski definition) is 7. The molecule has 0 fully saturated rings. The van der Waals surface area contributed by atoms with Crippen LogP contribution >= 0.6 is 7.82 Å². The van der Waals surface area contributed by atoms with Crippen LogP contribution in [0.1, 0.15) is 296 Å². The minimum atomic E-state index is -4.39. The highest BCUT2D eigenvalue weighted by Gasteiger charge is 2.27. The molecular weight excluding hydrogens is 966 g/mol. The summed E-state index contributed by atoms with van der Waals surface area (Å²) in [5, 5.41) is 0. The van der Waals surface area contributed by atoms with Crippen molar-refractivity contribution in [3.8, 4) is 0 Å². The quantitative estimate of drug-likeness (QED) is 0.0211. The van der Waals surface area contributed by atoms with Crippen molar-refractivity contribution in [2.24, 2.45) is 0 Å². The van der Waals surface area contributed by atoms with Crippen LogP contribution in [-0.4, -0.2) is 74.9 Å². The predicted molar refractivity (Wildman–Crippen MR) is 326 cm³/mol. The smallest absolute Gasteiger partial charge is 0.462 e. The number of phosphoric ester groups is 1. The normalized spacial score (nSPS) is 13.6. The van der Waals surface area contributed by atoms with Gasteiger partial charge in [-0.15, -0.1) is 0 Å². The van der Waals surface area contributed by atoms with Gasteiger partial charge in [0.15, 0.2) is 6.10 Å². The molecule has 9 nitrogen and oxygen atoms in total. The molecule has 0 aliphatic carbocycles. The second kappa shape index (κ2) is 57.4. The van der Waals surface area contributed by atoms with E-state index in [0.717, 1.165) is 57.8 Å². The van der Waals surface area contributed by atoms with E-state index in [9.17, 15) is 19.0 Å². The van der Waals surface area contributed by atoms with Crippen LogP contribution in [0.2, 0.25) is 0 Å². The van der Waals surface area contributed by atoms with Crippen LogP contribution in [-0.2, 0) is 32.7 Å². The van der Waals surface area contributed by atoms with Gasteiger partial charge >= 0.3 is 19.8 Å². The van der Waals surface area contributed by atoms with Crippen molar-refractivity contribution >= 4 is 19.8 Å². The molecule has 0 amide bonds. The molecule has 0 aromatic heterocycles. The third-order valence-electron chi connectivity index (χ3n) is 14.0. The molecule has 2 atom stereocenters. The lowest BCUT2D eigenvalue weighted by Gasteiger charge is -2.24. The number of allylic oxidation sites excluding steroid dienone is 10. The molecule has 0 aromatic rings. The fourth-order valence-corrected chi connectivity index (χ4v) is 9.86. The van der Waals surface area contributed by atoms with Gasteiger partial charge in [0.1, 0.15) is 19.8 Å². The summed E-state index contributed by atoms with van der Waals surface area (Å²) >= 11 is 0. The number of unbranched alkanes of at least 4 members (excludes halogenated alkanes) is 35. The van der Waals surface area contributed by atoms with Gasteiger partial charge in [-0.1, -0.05) is 267 Å². The van der Waals surface area contributed by atoms with E-state index >= 15 is 0 Å². The highest BCUT2D eigenvalue weighted by Crippen LogP contribution is 2.43. The Labute approximate surface area is 470 Å². The molecule has 1 N–H and O–H groups in total. The zero-order valence-electron chi connectivity index (χ0n) is 50.5. The molecule has 0 saturated heterocycles. The highest BCUT2D eigenvalue weighted by molar-refractivity contribution is 7.47. The Balaban J connectivity index is 4.02. The van der Waals surface area contributed by atoms with Crippen LogP contribution in [0.15, 0.2) is 60.8 Å². The standard InChI is InChI=1S/C66H122NO8P/c1-6-8-10-12-14-16-18-20-22-24-26-27-28-29-30-31-32-33-34-35-36-37-38-39-41-43-45-47-49-51-53-55-57-59-66(69)75-64(63-74-76(70,71)73-61-60-67(3,4)5)62-72-65(68)58-56-54-52-50-48-46-44-42-40-25-23-21-19-17-15-13-11-9-7-2/h8,10,14,16,20-23,26-27,64H,6-7,9,11-13,15,17-19,24-25,28-63H2,1-5H3/p+1/b10-8-,16-14-,22-20-,23-21-,27-26-. The van der Waals surface area contributed by atoms with Crippen LogP contribution < -0.4 is 0 Å². The maximum absolute atomic E-state index is 12.8. The second-order valence-electron chi connectivity index (χ2n) is 22.8. The maximum Gasteiger partial charge on any atom is 0.472 e. The Kier molecular flexibility index (Phi) is 55.7. The molecule has 0 heterocycles. The van der Waals surface area contributed by atoms with Gasteiger partial charge < -0.3 is 18.9 Å². The number of carbonyl (C=O) groups excluding carboxylic acids is 2. The molecule has 0 aliphatic rings. The van der Waals surface area contributed by atoms with E-state index in [4.69, 9.17) is 18.5 Å². The molecule has 0 aromatic carbocycles. The second-order valence-corrected chi connectivity index (χ2v) is 24.2. The summed E-state index contributed by atoms with van der Waals surface area (Å²) in [5.74, 6) is -0.787. The van der Waals surface area contributed by atoms with E-state index in [1.807, 2.05) is 21.1 Å². The van der Waals surface area contributed by atoms with E-state index in [1.165, 1.54) is 205 Å². The van der Waals surface area contributed by atoms with Crippen LogP contribution in [0.5, 0.6) is 0 Å². The first-order chi connectivity index (χ1) is 37.0. The molecule has 0 saturated carbocycles. The summed E-state index contributed by atoms with van der Waals surface area (Å²) in [6.07, 6.45) is 74.5. The van der Waals surface area contributed by atoms with Gasteiger partial charge in [-0.05, 0) is 77.0 Å². The molecule has 0 aliphatic heterocycles. The van der Waals surface area contributed by atoms with Gasteiger partial charge in [-0.3, -0.25) is 18.6 Å². The monoisotopic (exact) mass is 1090 g/mol. The van der Waals surface area contributed by atoms with Gasteiger partial charge in [-0.2, -0.15) is 0 Å². The maximum atomic E-state index is 12.8. The van der Waals surface area contributed by atoms with Gasteiger partial charge in [0.2, 0.25) is 0 Å².